The number of aliphatic hydroxyl groups is 4. The molecule has 108 valence electrons. The van der Waals surface area contributed by atoms with E-state index in [2.05, 4.69) is 0 Å². The van der Waals surface area contributed by atoms with Crippen molar-refractivity contribution in [3.8, 4) is 0 Å². The van der Waals surface area contributed by atoms with Gasteiger partial charge in [-0.15, -0.1) is 0 Å². The molecule has 5 atom stereocenters. The molecule has 0 aromatic carbocycles. The average Bonchev–Trinajstić information content (AvgIpc) is 2.71. The molecule has 1 fully saturated rings. The molecule has 0 bridgehead atoms. The highest BCUT2D eigenvalue weighted by atomic mass is 16.7. The molecule has 8 heteroatoms. The third kappa shape index (κ3) is 2.58. The predicted octanol–water partition coefficient (Wildman–Crippen LogP) is -2.37. The fourth-order valence-electron chi connectivity index (χ4n) is 1.89. The molecule has 2 rings (SSSR count). The van der Waals surface area contributed by atoms with E-state index in [1.165, 1.54) is 6.92 Å². The van der Waals surface area contributed by atoms with Crippen LogP contribution in [0, 0.1) is 0 Å². The van der Waals surface area contributed by atoms with Gasteiger partial charge in [0.15, 0.2) is 0 Å². The van der Waals surface area contributed by atoms with Crippen LogP contribution >= 0.6 is 0 Å². The van der Waals surface area contributed by atoms with Gasteiger partial charge < -0.3 is 34.6 Å². The zero-order valence-corrected chi connectivity index (χ0v) is 10.2. The molecule has 0 aromatic heterocycles. The van der Waals surface area contributed by atoms with Gasteiger partial charge in [0.05, 0.1) is 12.2 Å². The van der Waals surface area contributed by atoms with Crippen LogP contribution < -0.4 is 0 Å². The minimum absolute atomic E-state index is 0.0836. The van der Waals surface area contributed by atoms with E-state index in [1.807, 2.05) is 0 Å². The van der Waals surface area contributed by atoms with Crippen molar-refractivity contribution >= 4 is 5.97 Å². The minimum atomic E-state index is -1.52. The van der Waals surface area contributed by atoms with E-state index >= 15 is 0 Å². The van der Waals surface area contributed by atoms with Crippen LogP contribution in [0.1, 0.15) is 6.92 Å². The normalized spacial score (nSPS) is 39.4. The maximum atomic E-state index is 11.2. The fourth-order valence-corrected chi connectivity index (χ4v) is 1.89. The van der Waals surface area contributed by atoms with Gasteiger partial charge >= 0.3 is 5.97 Å². The molecule has 0 radical (unpaired) electrons. The lowest BCUT2D eigenvalue weighted by molar-refractivity contribution is -0.292. The number of hydrogen-bond donors (Lipinski definition) is 4. The SMILES string of the molecule is CC1=C(OC2OC(CO)C(O)C(O)C2O)COC1=O. The summed E-state index contributed by atoms with van der Waals surface area (Å²) in [5, 5.41) is 37.9. The van der Waals surface area contributed by atoms with Crippen molar-refractivity contribution in [2.24, 2.45) is 0 Å². The van der Waals surface area contributed by atoms with Gasteiger partial charge in [-0.05, 0) is 6.92 Å². The van der Waals surface area contributed by atoms with Crippen LogP contribution in [-0.4, -0.2) is 70.3 Å². The molecule has 2 heterocycles. The zero-order valence-electron chi connectivity index (χ0n) is 10.2. The molecular weight excluding hydrogens is 260 g/mol. The number of hydrogen-bond acceptors (Lipinski definition) is 8. The zero-order chi connectivity index (χ0) is 14.2. The second-order valence-electron chi connectivity index (χ2n) is 4.44. The van der Waals surface area contributed by atoms with Gasteiger partial charge in [-0.2, -0.15) is 0 Å². The summed E-state index contributed by atoms with van der Waals surface area (Å²) < 4.78 is 15.1. The van der Waals surface area contributed by atoms with Crippen molar-refractivity contribution in [2.75, 3.05) is 13.2 Å². The Hall–Kier alpha value is -1.19. The van der Waals surface area contributed by atoms with Crippen molar-refractivity contribution < 1.29 is 39.4 Å². The Morgan fingerprint density at radius 3 is 2.47 bits per heavy atom. The highest BCUT2D eigenvalue weighted by Crippen LogP contribution is 2.26. The molecule has 2 aliphatic heterocycles. The van der Waals surface area contributed by atoms with Crippen LogP contribution in [0.3, 0.4) is 0 Å². The quantitative estimate of drug-likeness (QED) is 0.422. The van der Waals surface area contributed by atoms with Gasteiger partial charge in [0.2, 0.25) is 6.29 Å². The second kappa shape index (κ2) is 5.43. The van der Waals surface area contributed by atoms with Crippen molar-refractivity contribution in [2.45, 2.75) is 37.6 Å². The topological polar surface area (TPSA) is 126 Å². The van der Waals surface area contributed by atoms with E-state index in [4.69, 9.17) is 19.3 Å². The molecule has 2 aliphatic rings. The van der Waals surface area contributed by atoms with E-state index in [-0.39, 0.29) is 17.9 Å². The number of cyclic esters (lactones) is 1. The molecule has 0 saturated carbocycles. The number of aliphatic hydroxyl groups excluding tert-OH is 4. The molecular formula is C11H16O8. The first kappa shape index (κ1) is 14.2. The molecule has 0 aliphatic carbocycles. The molecule has 8 nitrogen and oxygen atoms in total. The van der Waals surface area contributed by atoms with Crippen LogP contribution in [0.15, 0.2) is 11.3 Å². The van der Waals surface area contributed by atoms with Gasteiger partial charge in [-0.1, -0.05) is 0 Å². The smallest absolute Gasteiger partial charge is 0.337 e. The molecule has 4 N–H and O–H groups in total. The summed E-state index contributed by atoms with van der Waals surface area (Å²) in [6.45, 7) is 0.868. The monoisotopic (exact) mass is 276 g/mol. The van der Waals surface area contributed by atoms with E-state index in [1.54, 1.807) is 0 Å². The number of carbonyl (C=O) groups excluding carboxylic acids is 1. The maximum absolute atomic E-state index is 11.2. The lowest BCUT2D eigenvalue weighted by atomic mass is 9.99. The van der Waals surface area contributed by atoms with Gasteiger partial charge in [0.25, 0.3) is 0 Å². The Bertz CT molecular complexity index is 390. The number of esters is 1. The first-order valence-corrected chi connectivity index (χ1v) is 5.79. The standard InChI is InChI=1S/C11H16O8/c1-4-6(3-17-10(4)16)19-11-9(15)8(14)7(13)5(2-12)18-11/h5,7-9,11-15H,2-3H2,1H3. The Labute approximate surface area is 108 Å². The number of carbonyl (C=O) groups is 1. The summed E-state index contributed by atoms with van der Waals surface area (Å²) in [6.07, 6.45) is -6.82. The lowest BCUT2D eigenvalue weighted by Gasteiger charge is -2.39. The largest absolute Gasteiger partial charge is 0.462 e. The summed E-state index contributed by atoms with van der Waals surface area (Å²) in [4.78, 5) is 11.2. The first-order chi connectivity index (χ1) is 8.95. The molecule has 19 heavy (non-hydrogen) atoms. The lowest BCUT2D eigenvalue weighted by Crippen LogP contribution is -2.59. The van der Waals surface area contributed by atoms with Gasteiger partial charge in [0.1, 0.15) is 36.8 Å². The summed E-state index contributed by atoms with van der Waals surface area (Å²) in [6, 6.07) is 0. The van der Waals surface area contributed by atoms with Crippen LogP contribution in [0.5, 0.6) is 0 Å². The first-order valence-electron chi connectivity index (χ1n) is 5.79. The molecule has 0 spiro atoms. The van der Waals surface area contributed by atoms with Gasteiger partial charge in [0, 0.05) is 0 Å². The van der Waals surface area contributed by atoms with Gasteiger partial charge in [-0.3, -0.25) is 0 Å². The van der Waals surface area contributed by atoms with Crippen LogP contribution in [0.2, 0.25) is 0 Å². The minimum Gasteiger partial charge on any atom is -0.462 e. The Kier molecular flexibility index (Phi) is 4.07. The van der Waals surface area contributed by atoms with Crippen molar-refractivity contribution in [3.63, 3.8) is 0 Å². The van der Waals surface area contributed by atoms with E-state index in [0.29, 0.717) is 0 Å². The summed E-state index contributed by atoms with van der Waals surface area (Å²) >= 11 is 0. The van der Waals surface area contributed by atoms with E-state index in [0.717, 1.165) is 0 Å². The van der Waals surface area contributed by atoms with Crippen molar-refractivity contribution in [1.82, 2.24) is 0 Å². The maximum Gasteiger partial charge on any atom is 0.337 e. The number of ether oxygens (including phenoxy) is 3. The Morgan fingerprint density at radius 2 is 1.95 bits per heavy atom. The fraction of sp³-hybridized carbons (Fsp3) is 0.727. The highest BCUT2D eigenvalue weighted by molar-refractivity contribution is 5.90. The van der Waals surface area contributed by atoms with Crippen LogP contribution in [0.25, 0.3) is 0 Å². The molecule has 1 saturated heterocycles. The molecule has 5 unspecified atom stereocenters. The van der Waals surface area contributed by atoms with Gasteiger partial charge in [-0.25, -0.2) is 4.79 Å². The molecule has 0 aromatic rings. The summed E-state index contributed by atoms with van der Waals surface area (Å²) in [5.74, 6) is -0.339. The van der Waals surface area contributed by atoms with Crippen LogP contribution in [0.4, 0.5) is 0 Å². The molecule has 0 amide bonds. The Morgan fingerprint density at radius 1 is 1.26 bits per heavy atom. The third-order valence-electron chi connectivity index (χ3n) is 3.17. The van der Waals surface area contributed by atoms with Crippen LogP contribution in [-0.2, 0) is 19.0 Å². The van der Waals surface area contributed by atoms with Crippen molar-refractivity contribution in [3.05, 3.63) is 11.3 Å². The average molecular weight is 276 g/mol. The Balaban J connectivity index is 2.09. The number of rotatable bonds is 3. The predicted molar refractivity (Wildman–Crippen MR) is 58.5 cm³/mol. The second-order valence-corrected chi connectivity index (χ2v) is 4.44. The summed E-state index contributed by atoms with van der Waals surface area (Å²) in [7, 11) is 0. The highest BCUT2D eigenvalue weighted by Gasteiger charge is 2.45. The third-order valence-corrected chi connectivity index (χ3v) is 3.17. The van der Waals surface area contributed by atoms with Crippen molar-refractivity contribution in [1.29, 1.82) is 0 Å². The van der Waals surface area contributed by atoms with E-state index < -0.39 is 43.3 Å². The summed E-state index contributed by atoms with van der Waals surface area (Å²) in [5.41, 5.74) is 0.247. The van der Waals surface area contributed by atoms with E-state index in [9.17, 15) is 20.1 Å².